The molecule has 0 saturated carbocycles. The van der Waals surface area contributed by atoms with Gasteiger partial charge in [0.2, 0.25) is 0 Å². The number of hydrogen-bond acceptors (Lipinski definition) is 3. The van der Waals surface area contributed by atoms with Crippen molar-refractivity contribution in [1.29, 1.82) is 0 Å². The fraction of sp³-hybridized carbons (Fsp3) is 0.538. The molecule has 2 N–H and O–H groups in total. The molecule has 3 heteroatoms. The summed E-state index contributed by atoms with van der Waals surface area (Å²) in [7, 11) is 6.34. The molecule has 0 saturated heterocycles. The van der Waals surface area contributed by atoms with Gasteiger partial charge in [-0.15, -0.1) is 0 Å². The lowest BCUT2D eigenvalue weighted by atomic mass is 10.1. The highest BCUT2D eigenvalue weighted by molar-refractivity contribution is 5.46. The first-order valence-corrected chi connectivity index (χ1v) is 5.78. The molecule has 1 aromatic rings. The Morgan fingerprint density at radius 2 is 1.75 bits per heavy atom. The number of benzene rings is 1. The molecule has 0 heterocycles. The third-order valence-corrected chi connectivity index (χ3v) is 2.79. The van der Waals surface area contributed by atoms with Gasteiger partial charge in [0.25, 0.3) is 0 Å². The molecular weight excluding hydrogens is 198 g/mol. The van der Waals surface area contributed by atoms with Gasteiger partial charge < -0.3 is 15.5 Å². The van der Waals surface area contributed by atoms with Crippen molar-refractivity contribution < 1.29 is 0 Å². The van der Waals surface area contributed by atoms with Crippen LogP contribution in [0.2, 0.25) is 0 Å². The lowest BCUT2D eigenvalue weighted by Gasteiger charge is -2.32. The Morgan fingerprint density at radius 3 is 2.25 bits per heavy atom. The van der Waals surface area contributed by atoms with Gasteiger partial charge in [-0.25, -0.2) is 0 Å². The molecule has 0 amide bonds. The van der Waals surface area contributed by atoms with E-state index in [2.05, 4.69) is 55.2 Å². The second-order valence-corrected chi connectivity index (χ2v) is 4.44. The number of anilines is 1. The van der Waals surface area contributed by atoms with Gasteiger partial charge in [-0.2, -0.15) is 0 Å². The van der Waals surface area contributed by atoms with Gasteiger partial charge in [0.15, 0.2) is 0 Å². The molecule has 3 nitrogen and oxygen atoms in total. The van der Waals surface area contributed by atoms with Crippen LogP contribution in [-0.2, 0) is 0 Å². The molecule has 0 aliphatic rings. The van der Waals surface area contributed by atoms with Crippen LogP contribution in [0.4, 0.5) is 5.69 Å². The van der Waals surface area contributed by atoms with Crippen molar-refractivity contribution in [2.75, 3.05) is 39.1 Å². The van der Waals surface area contributed by atoms with Crippen LogP contribution in [-0.4, -0.2) is 45.2 Å². The van der Waals surface area contributed by atoms with Gasteiger partial charge in [0, 0.05) is 25.3 Å². The molecule has 1 atom stereocenters. The maximum absolute atomic E-state index is 5.68. The van der Waals surface area contributed by atoms with Crippen LogP contribution in [0.5, 0.6) is 0 Å². The second kappa shape index (κ2) is 6.51. The predicted molar refractivity (Wildman–Crippen MR) is 70.9 cm³/mol. The van der Waals surface area contributed by atoms with Crippen molar-refractivity contribution in [2.24, 2.45) is 5.73 Å². The first-order chi connectivity index (χ1) is 7.65. The summed E-state index contributed by atoms with van der Waals surface area (Å²) >= 11 is 0. The van der Waals surface area contributed by atoms with Gasteiger partial charge in [0.05, 0.1) is 0 Å². The molecule has 0 aliphatic heterocycles. The topological polar surface area (TPSA) is 32.5 Å². The molecule has 0 radical (unpaired) electrons. The normalized spacial score (nSPS) is 12.8. The van der Waals surface area contributed by atoms with Crippen LogP contribution < -0.4 is 10.6 Å². The maximum atomic E-state index is 5.68. The summed E-state index contributed by atoms with van der Waals surface area (Å²) in [6.07, 6.45) is 1.02. The number of hydrogen-bond donors (Lipinski definition) is 1. The first kappa shape index (κ1) is 13.0. The largest absolute Gasteiger partial charge is 0.370 e. The highest BCUT2D eigenvalue weighted by Crippen LogP contribution is 2.16. The second-order valence-electron chi connectivity index (χ2n) is 4.44. The van der Waals surface area contributed by atoms with E-state index in [0.717, 1.165) is 19.5 Å². The smallest absolute Gasteiger partial charge is 0.0425 e. The molecule has 0 aliphatic carbocycles. The minimum Gasteiger partial charge on any atom is -0.370 e. The van der Waals surface area contributed by atoms with Crippen molar-refractivity contribution in [1.82, 2.24) is 4.90 Å². The quantitative estimate of drug-likeness (QED) is 0.788. The summed E-state index contributed by atoms with van der Waals surface area (Å²) in [5.41, 5.74) is 6.93. The molecule has 0 bridgehead atoms. The van der Waals surface area contributed by atoms with Gasteiger partial charge in [-0.05, 0) is 39.2 Å². The lowest BCUT2D eigenvalue weighted by Crippen LogP contribution is -2.41. The molecular formula is C13H23N3. The van der Waals surface area contributed by atoms with Crippen LogP contribution in [0.3, 0.4) is 0 Å². The number of nitrogens with two attached hydrogens (primary N) is 1. The number of nitrogens with zero attached hydrogens (tertiary/aromatic N) is 2. The first-order valence-electron chi connectivity index (χ1n) is 5.78. The van der Waals surface area contributed by atoms with Crippen LogP contribution in [0.1, 0.15) is 6.42 Å². The Morgan fingerprint density at radius 1 is 1.12 bits per heavy atom. The van der Waals surface area contributed by atoms with Crippen molar-refractivity contribution in [3.8, 4) is 0 Å². The SMILES string of the molecule is CN(C)CC(CCN)N(C)c1ccccc1. The number of likely N-dealkylation sites (N-methyl/N-ethyl adjacent to an activating group) is 2. The summed E-state index contributed by atoms with van der Waals surface area (Å²) in [6.45, 7) is 1.76. The summed E-state index contributed by atoms with van der Waals surface area (Å²) < 4.78 is 0. The summed E-state index contributed by atoms with van der Waals surface area (Å²) in [5, 5.41) is 0. The standard InChI is InChI=1S/C13H23N3/c1-15(2)11-13(9-10-14)16(3)12-7-5-4-6-8-12/h4-8,13H,9-11,14H2,1-3H3. The van der Waals surface area contributed by atoms with E-state index in [9.17, 15) is 0 Å². The van der Waals surface area contributed by atoms with Crippen LogP contribution in [0.25, 0.3) is 0 Å². The van der Waals surface area contributed by atoms with Crippen molar-refractivity contribution >= 4 is 5.69 Å². The Labute approximate surface area is 98.8 Å². The molecule has 0 spiro atoms. The van der Waals surface area contributed by atoms with E-state index in [4.69, 9.17) is 5.73 Å². The van der Waals surface area contributed by atoms with Crippen molar-refractivity contribution in [3.05, 3.63) is 30.3 Å². The third kappa shape index (κ3) is 3.83. The molecule has 1 unspecified atom stereocenters. The zero-order valence-electron chi connectivity index (χ0n) is 10.6. The minimum absolute atomic E-state index is 0.474. The third-order valence-electron chi connectivity index (χ3n) is 2.79. The van der Waals surface area contributed by atoms with Crippen LogP contribution in [0, 0.1) is 0 Å². The monoisotopic (exact) mass is 221 g/mol. The number of para-hydroxylation sites is 1. The van der Waals surface area contributed by atoms with Gasteiger partial charge in [0.1, 0.15) is 0 Å². The zero-order chi connectivity index (χ0) is 12.0. The molecule has 1 rings (SSSR count). The fourth-order valence-corrected chi connectivity index (χ4v) is 1.90. The Hall–Kier alpha value is -1.06. The van der Waals surface area contributed by atoms with Crippen molar-refractivity contribution in [3.63, 3.8) is 0 Å². The van der Waals surface area contributed by atoms with E-state index in [1.165, 1.54) is 5.69 Å². The molecule has 0 aromatic heterocycles. The van der Waals surface area contributed by atoms with E-state index < -0.39 is 0 Å². The predicted octanol–water partition coefficient (Wildman–Crippen LogP) is 1.40. The molecule has 0 fully saturated rings. The van der Waals surface area contributed by atoms with Gasteiger partial charge in [-0.3, -0.25) is 0 Å². The minimum atomic E-state index is 0.474. The maximum Gasteiger partial charge on any atom is 0.0425 e. The zero-order valence-corrected chi connectivity index (χ0v) is 10.6. The Bertz CT molecular complexity index is 284. The van der Waals surface area contributed by atoms with Gasteiger partial charge in [-0.1, -0.05) is 18.2 Å². The lowest BCUT2D eigenvalue weighted by molar-refractivity contribution is 0.358. The van der Waals surface area contributed by atoms with Crippen LogP contribution >= 0.6 is 0 Å². The fourth-order valence-electron chi connectivity index (χ4n) is 1.90. The summed E-state index contributed by atoms with van der Waals surface area (Å²) in [5.74, 6) is 0. The number of rotatable bonds is 6. The van der Waals surface area contributed by atoms with E-state index >= 15 is 0 Å². The van der Waals surface area contributed by atoms with E-state index in [0.29, 0.717) is 6.04 Å². The molecule has 16 heavy (non-hydrogen) atoms. The highest BCUT2D eigenvalue weighted by atomic mass is 15.2. The average molecular weight is 221 g/mol. The van der Waals surface area contributed by atoms with E-state index in [1.54, 1.807) is 0 Å². The molecule has 90 valence electrons. The highest BCUT2D eigenvalue weighted by Gasteiger charge is 2.14. The van der Waals surface area contributed by atoms with E-state index in [-0.39, 0.29) is 0 Å². The molecule has 1 aromatic carbocycles. The Balaban J connectivity index is 2.70. The van der Waals surface area contributed by atoms with E-state index in [1.807, 2.05) is 6.07 Å². The van der Waals surface area contributed by atoms with Crippen molar-refractivity contribution in [2.45, 2.75) is 12.5 Å². The Kier molecular flexibility index (Phi) is 5.29. The summed E-state index contributed by atoms with van der Waals surface area (Å²) in [4.78, 5) is 4.52. The summed E-state index contributed by atoms with van der Waals surface area (Å²) in [6, 6.07) is 10.9. The van der Waals surface area contributed by atoms with Gasteiger partial charge >= 0.3 is 0 Å². The van der Waals surface area contributed by atoms with Crippen LogP contribution in [0.15, 0.2) is 30.3 Å². The average Bonchev–Trinajstić information content (AvgIpc) is 2.28.